The van der Waals surface area contributed by atoms with Gasteiger partial charge in [-0.1, -0.05) is 25.7 Å². The van der Waals surface area contributed by atoms with Crippen molar-refractivity contribution in [1.82, 2.24) is 14.8 Å². The summed E-state index contributed by atoms with van der Waals surface area (Å²) in [6.07, 6.45) is 8.86. The summed E-state index contributed by atoms with van der Waals surface area (Å²) in [6.45, 7) is 3.64. The minimum absolute atomic E-state index is 0.0154. The zero-order valence-corrected chi connectivity index (χ0v) is 18.5. The first kappa shape index (κ1) is 20.1. The first-order valence-corrected chi connectivity index (χ1v) is 12.3. The summed E-state index contributed by atoms with van der Waals surface area (Å²) >= 11 is 1.64. The monoisotopic (exact) mass is 429 g/mol. The lowest BCUT2D eigenvalue weighted by atomic mass is 9.93. The van der Waals surface area contributed by atoms with Crippen molar-refractivity contribution >= 4 is 33.4 Å². The minimum atomic E-state index is -0.920. The number of carbonyl (C=O) groups is 2. The molecule has 0 spiro atoms. The van der Waals surface area contributed by atoms with Gasteiger partial charge in [-0.05, 0) is 50.1 Å². The number of amides is 2. The molecular weight excluding hydrogens is 398 g/mol. The van der Waals surface area contributed by atoms with Gasteiger partial charge in [-0.3, -0.25) is 9.59 Å². The average Bonchev–Trinajstić information content (AvgIpc) is 3.42. The highest BCUT2D eigenvalue weighted by Crippen LogP contribution is 2.35. The SMILES string of the molecule is C[C@]1(C(=O)NC2CCCCCC2)Cn2c(cc3sccc32)C(=O)N1C[C@@H]1CCCO1. The highest BCUT2D eigenvalue weighted by atomic mass is 32.1. The zero-order chi connectivity index (χ0) is 20.7. The van der Waals surface area contributed by atoms with E-state index in [0.29, 0.717) is 18.8 Å². The Hall–Kier alpha value is -1.86. The summed E-state index contributed by atoms with van der Waals surface area (Å²) < 4.78 is 8.99. The van der Waals surface area contributed by atoms with Crippen molar-refractivity contribution in [1.29, 1.82) is 0 Å². The van der Waals surface area contributed by atoms with Gasteiger partial charge in [0.2, 0.25) is 5.91 Å². The first-order valence-electron chi connectivity index (χ1n) is 11.4. The lowest BCUT2D eigenvalue weighted by Gasteiger charge is -2.45. The standard InChI is InChI=1S/C23H31N3O3S/c1-23(22(28)24-16-7-4-2-3-5-8-16)15-25-18-10-12-30-20(18)13-19(25)21(27)26(23)14-17-9-6-11-29-17/h10,12-13,16-17H,2-9,11,14-15H2,1H3,(H,24,28)/t17-,23+/m0/s1. The summed E-state index contributed by atoms with van der Waals surface area (Å²) in [6, 6.07) is 4.24. The predicted octanol–water partition coefficient (Wildman–Crippen LogP) is 3.94. The molecule has 1 saturated carbocycles. The van der Waals surface area contributed by atoms with Crippen molar-refractivity contribution in [2.75, 3.05) is 13.2 Å². The molecule has 1 N–H and O–H groups in total. The molecule has 1 aliphatic carbocycles. The minimum Gasteiger partial charge on any atom is -0.376 e. The van der Waals surface area contributed by atoms with Gasteiger partial charge >= 0.3 is 0 Å². The molecule has 0 unspecified atom stereocenters. The van der Waals surface area contributed by atoms with Gasteiger partial charge < -0.3 is 19.5 Å². The Morgan fingerprint density at radius 1 is 1.23 bits per heavy atom. The third-order valence-corrected chi connectivity index (χ3v) is 7.99. The second-order valence-corrected chi connectivity index (χ2v) is 10.2. The van der Waals surface area contributed by atoms with Crippen LogP contribution in [0.5, 0.6) is 0 Å². The van der Waals surface area contributed by atoms with Crippen LogP contribution in [-0.2, 0) is 16.1 Å². The van der Waals surface area contributed by atoms with Crippen LogP contribution in [-0.4, -0.2) is 52.1 Å². The van der Waals surface area contributed by atoms with E-state index in [1.54, 1.807) is 16.2 Å². The fraction of sp³-hybridized carbons (Fsp3) is 0.652. The van der Waals surface area contributed by atoms with E-state index in [4.69, 9.17) is 4.74 Å². The summed E-state index contributed by atoms with van der Waals surface area (Å²) in [5.74, 6) is -0.0813. The van der Waals surface area contributed by atoms with Gasteiger partial charge in [0.1, 0.15) is 11.2 Å². The Labute approximate surface area is 181 Å². The summed E-state index contributed by atoms with van der Waals surface area (Å²) in [5.41, 5.74) is 0.819. The van der Waals surface area contributed by atoms with Crippen molar-refractivity contribution in [3.05, 3.63) is 23.2 Å². The number of carbonyl (C=O) groups excluding carboxylic acids is 2. The summed E-state index contributed by atoms with van der Waals surface area (Å²) in [4.78, 5) is 29.1. The molecule has 0 aromatic carbocycles. The Morgan fingerprint density at radius 2 is 2.03 bits per heavy atom. The first-order chi connectivity index (χ1) is 14.6. The molecule has 0 radical (unpaired) electrons. The van der Waals surface area contributed by atoms with Crippen LogP contribution in [0.15, 0.2) is 17.5 Å². The van der Waals surface area contributed by atoms with E-state index in [1.807, 2.05) is 22.9 Å². The van der Waals surface area contributed by atoms with Gasteiger partial charge in [-0.25, -0.2) is 0 Å². The second kappa shape index (κ2) is 8.00. The maximum absolute atomic E-state index is 13.7. The number of fused-ring (bicyclic) bond motifs is 3. The third kappa shape index (κ3) is 3.46. The zero-order valence-electron chi connectivity index (χ0n) is 17.7. The number of hydrogen-bond donors (Lipinski definition) is 1. The highest BCUT2D eigenvalue weighted by molar-refractivity contribution is 7.17. The van der Waals surface area contributed by atoms with E-state index in [9.17, 15) is 9.59 Å². The number of hydrogen-bond acceptors (Lipinski definition) is 4. The van der Waals surface area contributed by atoms with Crippen LogP contribution < -0.4 is 5.32 Å². The Kier molecular flexibility index (Phi) is 5.35. The number of aromatic nitrogens is 1. The second-order valence-electron chi connectivity index (χ2n) is 9.27. The molecular formula is C23H31N3O3S. The summed E-state index contributed by atoms with van der Waals surface area (Å²) in [5, 5.41) is 5.37. The molecule has 2 amide bonds. The van der Waals surface area contributed by atoms with Gasteiger partial charge in [0.15, 0.2) is 0 Å². The smallest absolute Gasteiger partial charge is 0.271 e. The maximum Gasteiger partial charge on any atom is 0.271 e. The largest absolute Gasteiger partial charge is 0.376 e. The molecule has 2 fully saturated rings. The van der Waals surface area contributed by atoms with Crippen molar-refractivity contribution in [3.63, 3.8) is 0 Å². The van der Waals surface area contributed by atoms with E-state index in [-0.39, 0.29) is 24.0 Å². The third-order valence-electron chi connectivity index (χ3n) is 7.14. The average molecular weight is 430 g/mol. The molecule has 0 bridgehead atoms. The van der Waals surface area contributed by atoms with Crippen LogP contribution >= 0.6 is 11.3 Å². The quantitative estimate of drug-likeness (QED) is 0.749. The molecule has 5 rings (SSSR count). The fourth-order valence-electron chi connectivity index (χ4n) is 5.32. The normalized spacial score (nSPS) is 28.0. The van der Waals surface area contributed by atoms with Crippen LogP contribution in [0, 0.1) is 0 Å². The lowest BCUT2D eigenvalue weighted by Crippen LogP contribution is -2.66. The number of nitrogens with one attached hydrogen (secondary N) is 1. The Bertz CT molecular complexity index is 937. The fourth-order valence-corrected chi connectivity index (χ4v) is 6.14. The van der Waals surface area contributed by atoms with E-state index in [0.717, 1.165) is 55.3 Å². The van der Waals surface area contributed by atoms with Gasteiger partial charge in [0.05, 0.1) is 22.9 Å². The number of ether oxygens (including phenoxy) is 1. The topological polar surface area (TPSA) is 63.6 Å². The van der Waals surface area contributed by atoms with Gasteiger partial charge in [0, 0.05) is 19.2 Å². The molecule has 6 nitrogen and oxygen atoms in total. The van der Waals surface area contributed by atoms with Crippen LogP contribution in [0.25, 0.3) is 10.2 Å². The van der Waals surface area contributed by atoms with E-state index >= 15 is 0 Å². The van der Waals surface area contributed by atoms with Crippen LogP contribution in [0.4, 0.5) is 0 Å². The number of thiophene rings is 1. The van der Waals surface area contributed by atoms with Gasteiger partial charge in [-0.2, -0.15) is 0 Å². The van der Waals surface area contributed by atoms with Crippen molar-refractivity contribution in [2.45, 2.75) is 82.5 Å². The van der Waals surface area contributed by atoms with Gasteiger partial charge in [0.25, 0.3) is 5.91 Å². The van der Waals surface area contributed by atoms with Crippen molar-refractivity contribution < 1.29 is 14.3 Å². The van der Waals surface area contributed by atoms with E-state index in [1.165, 1.54) is 12.8 Å². The van der Waals surface area contributed by atoms with Crippen molar-refractivity contribution in [2.24, 2.45) is 0 Å². The lowest BCUT2D eigenvalue weighted by molar-refractivity contribution is -0.134. The maximum atomic E-state index is 13.7. The Balaban J connectivity index is 1.47. The van der Waals surface area contributed by atoms with Crippen LogP contribution in [0.2, 0.25) is 0 Å². The predicted molar refractivity (Wildman–Crippen MR) is 118 cm³/mol. The molecule has 2 atom stereocenters. The molecule has 4 heterocycles. The van der Waals surface area contributed by atoms with E-state index in [2.05, 4.69) is 11.4 Å². The molecule has 2 aliphatic heterocycles. The molecule has 2 aromatic rings. The van der Waals surface area contributed by atoms with Crippen LogP contribution in [0.3, 0.4) is 0 Å². The number of nitrogens with zero attached hydrogens (tertiary/aromatic N) is 2. The van der Waals surface area contributed by atoms with Crippen LogP contribution in [0.1, 0.15) is 68.8 Å². The molecule has 2 aromatic heterocycles. The number of rotatable bonds is 4. The molecule has 30 heavy (non-hydrogen) atoms. The van der Waals surface area contributed by atoms with E-state index < -0.39 is 5.54 Å². The van der Waals surface area contributed by atoms with Gasteiger partial charge in [-0.15, -0.1) is 11.3 Å². The van der Waals surface area contributed by atoms with Crippen molar-refractivity contribution in [3.8, 4) is 0 Å². The highest BCUT2D eigenvalue weighted by Gasteiger charge is 2.49. The summed E-state index contributed by atoms with van der Waals surface area (Å²) in [7, 11) is 0. The molecule has 7 heteroatoms. The molecule has 162 valence electrons. The molecule has 3 aliphatic rings. The molecule has 1 saturated heterocycles. The Morgan fingerprint density at radius 3 is 2.77 bits per heavy atom.